The minimum absolute atomic E-state index is 0.356. The smallest absolute Gasteiger partial charge is 0.138 e. The van der Waals surface area contributed by atoms with E-state index in [-0.39, 0.29) is 0 Å². The number of hydrogen-bond donors (Lipinski definition) is 0. The van der Waals surface area contributed by atoms with Gasteiger partial charge >= 0.3 is 0 Å². The van der Waals surface area contributed by atoms with Gasteiger partial charge in [0.15, 0.2) is 0 Å². The molecule has 0 bridgehead atoms. The third-order valence-electron chi connectivity index (χ3n) is 2.12. The van der Waals surface area contributed by atoms with Gasteiger partial charge in [0.05, 0.1) is 37.5 Å². The van der Waals surface area contributed by atoms with Crippen LogP contribution in [0.15, 0.2) is 22.9 Å². The van der Waals surface area contributed by atoms with Crippen molar-refractivity contribution in [3.63, 3.8) is 0 Å². The molecule has 4 nitrogen and oxygen atoms in total. The molecule has 0 aromatic carbocycles. The Kier molecular flexibility index (Phi) is 2.60. The fraction of sp³-hybridized carbons (Fsp3) is 0.200. The standard InChI is InChI=1S/C10H8BrN3O/c1-15-8-4-9(11)10-7(2-3-12)5-13-14(10)6-8/h4-6H,2H2,1H3. The molecule has 0 atom stereocenters. The lowest BCUT2D eigenvalue weighted by molar-refractivity contribution is 0.411. The summed E-state index contributed by atoms with van der Waals surface area (Å²) < 4.78 is 7.70. The molecule has 0 aliphatic heterocycles. The lowest BCUT2D eigenvalue weighted by Gasteiger charge is -2.03. The monoisotopic (exact) mass is 265 g/mol. The minimum Gasteiger partial charge on any atom is -0.495 e. The Labute approximate surface area is 95.2 Å². The average Bonchev–Trinajstić information content (AvgIpc) is 2.62. The maximum Gasteiger partial charge on any atom is 0.138 e. The van der Waals surface area contributed by atoms with Crippen LogP contribution in [0.25, 0.3) is 5.52 Å². The third kappa shape index (κ3) is 1.68. The molecule has 5 heteroatoms. The van der Waals surface area contributed by atoms with Gasteiger partial charge in [-0.25, -0.2) is 4.52 Å². The van der Waals surface area contributed by atoms with E-state index in [1.54, 1.807) is 24.0 Å². The number of methoxy groups -OCH3 is 1. The zero-order chi connectivity index (χ0) is 10.8. The maximum atomic E-state index is 8.66. The van der Waals surface area contributed by atoms with Gasteiger partial charge in [-0.2, -0.15) is 10.4 Å². The number of aromatic nitrogens is 2. The summed E-state index contributed by atoms with van der Waals surface area (Å²) in [5, 5.41) is 12.8. The number of fused-ring (bicyclic) bond motifs is 1. The van der Waals surface area contributed by atoms with Crippen molar-refractivity contribution in [2.75, 3.05) is 7.11 Å². The predicted molar refractivity (Wildman–Crippen MR) is 58.8 cm³/mol. The highest BCUT2D eigenvalue weighted by Crippen LogP contribution is 2.26. The fourth-order valence-electron chi connectivity index (χ4n) is 1.44. The Bertz CT molecular complexity index is 541. The molecule has 0 saturated heterocycles. The molecular formula is C10H8BrN3O. The van der Waals surface area contributed by atoms with Crippen LogP contribution in [0.3, 0.4) is 0 Å². The van der Waals surface area contributed by atoms with Crippen LogP contribution in [-0.2, 0) is 6.42 Å². The van der Waals surface area contributed by atoms with Crippen LogP contribution in [-0.4, -0.2) is 16.7 Å². The van der Waals surface area contributed by atoms with E-state index in [0.717, 1.165) is 21.3 Å². The Hall–Kier alpha value is -1.54. The number of nitrogens with zero attached hydrogens (tertiary/aromatic N) is 3. The van der Waals surface area contributed by atoms with E-state index < -0.39 is 0 Å². The second-order valence-corrected chi connectivity index (χ2v) is 3.88. The molecule has 2 aromatic rings. The SMILES string of the molecule is COc1cc(Br)c2c(CC#N)cnn2c1. The number of rotatable bonds is 2. The molecule has 15 heavy (non-hydrogen) atoms. The molecule has 76 valence electrons. The van der Waals surface area contributed by atoms with Crippen LogP contribution in [0, 0.1) is 11.3 Å². The van der Waals surface area contributed by atoms with Crippen molar-refractivity contribution in [1.29, 1.82) is 5.26 Å². The largest absolute Gasteiger partial charge is 0.495 e. The topological polar surface area (TPSA) is 50.3 Å². The van der Waals surface area contributed by atoms with Gasteiger partial charge in [-0.3, -0.25) is 0 Å². The highest BCUT2D eigenvalue weighted by molar-refractivity contribution is 9.10. The van der Waals surface area contributed by atoms with Crippen LogP contribution < -0.4 is 4.74 Å². The summed E-state index contributed by atoms with van der Waals surface area (Å²) in [7, 11) is 1.60. The van der Waals surface area contributed by atoms with Crippen molar-refractivity contribution in [3.05, 3.63) is 28.5 Å². The maximum absolute atomic E-state index is 8.66. The fourth-order valence-corrected chi connectivity index (χ4v) is 2.10. The number of pyridine rings is 1. The van der Waals surface area contributed by atoms with E-state index in [1.165, 1.54) is 0 Å². The van der Waals surface area contributed by atoms with Gasteiger partial charge in [0.25, 0.3) is 0 Å². The van der Waals surface area contributed by atoms with Gasteiger partial charge in [0.2, 0.25) is 0 Å². The van der Waals surface area contributed by atoms with Crippen LogP contribution >= 0.6 is 15.9 Å². The Balaban J connectivity index is 2.67. The summed E-state index contributed by atoms with van der Waals surface area (Å²) in [5.41, 5.74) is 1.82. The summed E-state index contributed by atoms with van der Waals surface area (Å²) in [6.07, 6.45) is 3.83. The zero-order valence-corrected chi connectivity index (χ0v) is 9.65. The lowest BCUT2D eigenvalue weighted by atomic mass is 10.2. The first-order chi connectivity index (χ1) is 7.26. The molecule has 2 rings (SSSR count). The molecule has 0 spiro atoms. The van der Waals surface area contributed by atoms with Gasteiger partial charge in [0, 0.05) is 10.0 Å². The number of nitriles is 1. The van der Waals surface area contributed by atoms with E-state index in [2.05, 4.69) is 27.1 Å². The van der Waals surface area contributed by atoms with Gasteiger partial charge in [-0.1, -0.05) is 0 Å². The molecule has 0 fully saturated rings. The van der Waals surface area contributed by atoms with Gasteiger partial charge in [0.1, 0.15) is 5.75 Å². The first-order valence-corrected chi connectivity index (χ1v) is 5.12. The molecule has 2 heterocycles. The molecular weight excluding hydrogens is 258 g/mol. The third-order valence-corrected chi connectivity index (χ3v) is 2.73. The summed E-state index contributed by atoms with van der Waals surface area (Å²) in [4.78, 5) is 0. The molecule has 0 N–H and O–H groups in total. The van der Waals surface area contributed by atoms with Crippen molar-refractivity contribution >= 4 is 21.4 Å². The van der Waals surface area contributed by atoms with E-state index in [1.807, 2.05) is 6.07 Å². The first kappa shape index (κ1) is 9.99. The average molecular weight is 266 g/mol. The lowest BCUT2D eigenvalue weighted by Crippen LogP contribution is -1.92. The van der Waals surface area contributed by atoms with Crippen LogP contribution in [0.4, 0.5) is 0 Å². The summed E-state index contributed by atoms with van der Waals surface area (Å²) in [5.74, 6) is 0.723. The van der Waals surface area contributed by atoms with Gasteiger partial charge in [-0.15, -0.1) is 0 Å². The van der Waals surface area contributed by atoms with Crippen LogP contribution in [0.5, 0.6) is 5.75 Å². The Morgan fingerprint density at radius 3 is 3.13 bits per heavy atom. The van der Waals surface area contributed by atoms with Gasteiger partial charge < -0.3 is 4.74 Å². The van der Waals surface area contributed by atoms with Crippen molar-refractivity contribution in [1.82, 2.24) is 9.61 Å². The van der Waals surface area contributed by atoms with Crippen LogP contribution in [0.2, 0.25) is 0 Å². The van der Waals surface area contributed by atoms with Crippen molar-refractivity contribution < 1.29 is 4.74 Å². The second-order valence-electron chi connectivity index (χ2n) is 3.03. The summed E-state index contributed by atoms with van der Waals surface area (Å²) >= 11 is 3.44. The molecule has 0 amide bonds. The summed E-state index contributed by atoms with van der Waals surface area (Å²) in [6.45, 7) is 0. The normalized spacial score (nSPS) is 10.2. The quantitative estimate of drug-likeness (QED) is 0.837. The molecule has 2 aromatic heterocycles. The van der Waals surface area contributed by atoms with Gasteiger partial charge in [-0.05, 0) is 22.0 Å². The molecule has 0 aliphatic carbocycles. The van der Waals surface area contributed by atoms with E-state index >= 15 is 0 Å². The number of hydrogen-bond acceptors (Lipinski definition) is 3. The van der Waals surface area contributed by atoms with E-state index in [9.17, 15) is 0 Å². The Morgan fingerprint density at radius 1 is 1.67 bits per heavy atom. The zero-order valence-electron chi connectivity index (χ0n) is 8.07. The molecule has 0 radical (unpaired) electrons. The highest BCUT2D eigenvalue weighted by Gasteiger charge is 2.09. The summed E-state index contributed by atoms with van der Waals surface area (Å²) in [6, 6.07) is 3.97. The molecule has 0 saturated carbocycles. The number of ether oxygens (including phenoxy) is 1. The Morgan fingerprint density at radius 2 is 2.47 bits per heavy atom. The second kappa shape index (κ2) is 3.91. The minimum atomic E-state index is 0.356. The van der Waals surface area contributed by atoms with Crippen LogP contribution in [0.1, 0.15) is 5.56 Å². The molecule has 0 unspecified atom stereocenters. The van der Waals surface area contributed by atoms with Crippen molar-refractivity contribution in [3.8, 4) is 11.8 Å². The van der Waals surface area contributed by atoms with E-state index in [4.69, 9.17) is 10.00 Å². The first-order valence-electron chi connectivity index (χ1n) is 4.33. The highest BCUT2D eigenvalue weighted by atomic mass is 79.9. The van der Waals surface area contributed by atoms with Crippen molar-refractivity contribution in [2.45, 2.75) is 6.42 Å². The van der Waals surface area contributed by atoms with E-state index in [0.29, 0.717) is 6.42 Å². The van der Waals surface area contributed by atoms with Crippen molar-refractivity contribution in [2.24, 2.45) is 0 Å². The predicted octanol–water partition coefficient (Wildman–Crippen LogP) is 2.17. The molecule has 0 aliphatic rings. The number of halogens is 1.